The first-order chi connectivity index (χ1) is 8.17. The van der Waals surface area contributed by atoms with E-state index in [1.165, 1.54) is 7.11 Å². The predicted octanol–water partition coefficient (Wildman–Crippen LogP) is 2.24. The lowest BCUT2D eigenvalue weighted by Gasteiger charge is -2.08. The molecule has 1 aromatic rings. The van der Waals surface area contributed by atoms with Crippen molar-refractivity contribution in [1.29, 1.82) is 0 Å². The summed E-state index contributed by atoms with van der Waals surface area (Å²) in [4.78, 5) is 18.1. The topological polar surface area (TPSA) is 88.0 Å². The third kappa shape index (κ3) is 4.12. The van der Waals surface area contributed by atoms with Crippen molar-refractivity contribution < 1.29 is 9.53 Å². The minimum Gasteiger partial charge on any atom is -0.469 e. The van der Waals surface area contributed by atoms with Crippen molar-refractivity contribution in [3.8, 4) is 0 Å². The molecule has 0 unspecified atom stereocenters. The van der Waals surface area contributed by atoms with Crippen LogP contribution in [0.25, 0.3) is 10.4 Å². The fourth-order valence-electron chi connectivity index (χ4n) is 1.38. The van der Waals surface area contributed by atoms with Crippen LogP contribution in [0, 0.1) is 5.92 Å². The summed E-state index contributed by atoms with van der Waals surface area (Å²) >= 11 is 0. The zero-order valence-corrected chi connectivity index (χ0v) is 9.83. The normalized spacial score (nSPS) is 11.4. The van der Waals surface area contributed by atoms with Crippen LogP contribution in [0.4, 0.5) is 0 Å². The Balaban J connectivity index is 2.61. The average molecular weight is 234 g/mol. The van der Waals surface area contributed by atoms with E-state index < -0.39 is 0 Å². The summed E-state index contributed by atoms with van der Waals surface area (Å²) in [5, 5.41) is 3.44. The van der Waals surface area contributed by atoms with E-state index in [2.05, 4.69) is 19.7 Å². The minimum absolute atomic E-state index is 0.213. The third-order valence-corrected chi connectivity index (χ3v) is 2.32. The van der Waals surface area contributed by atoms with Gasteiger partial charge in [-0.15, -0.1) is 0 Å². The molecule has 0 N–H and O–H groups in total. The first-order valence-electron chi connectivity index (χ1n) is 5.20. The molecular formula is C11H14N4O2. The summed E-state index contributed by atoms with van der Waals surface area (Å²) in [5.74, 6) is -0.458. The van der Waals surface area contributed by atoms with E-state index in [0.717, 1.165) is 11.3 Å². The summed E-state index contributed by atoms with van der Waals surface area (Å²) in [6.45, 7) is 2.08. The molecule has 0 fully saturated rings. The first-order valence-corrected chi connectivity index (χ1v) is 5.20. The van der Waals surface area contributed by atoms with Crippen LogP contribution in [0.1, 0.15) is 18.2 Å². The maximum atomic E-state index is 11.2. The molecule has 90 valence electrons. The number of hydrogen-bond donors (Lipinski definition) is 0. The molecule has 0 saturated carbocycles. The summed E-state index contributed by atoms with van der Waals surface area (Å²) < 4.78 is 4.64. The molecule has 6 heteroatoms. The second kappa shape index (κ2) is 6.50. The van der Waals surface area contributed by atoms with Crippen LogP contribution in [0.15, 0.2) is 23.4 Å². The predicted molar refractivity (Wildman–Crippen MR) is 62.0 cm³/mol. The lowest BCUT2D eigenvalue weighted by molar-refractivity contribution is -0.144. The number of carbonyl (C=O) groups excluding carboxylic acids is 1. The van der Waals surface area contributed by atoms with Crippen molar-refractivity contribution in [1.82, 2.24) is 4.98 Å². The number of carbonyl (C=O) groups is 1. The average Bonchev–Trinajstić information content (AvgIpc) is 2.37. The van der Waals surface area contributed by atoms with E-state index in [1.807, 2.05) is 12.1 Å². The quantitative estimate of drug-likeness (QED) is 0.338. The van der Waals surface area contributed by atoms with Crippen LogP contribution in [0.5, 0.6) is 0 Å². The van der Waals surface area contributed by atoms with Gasteiger partial charge < -0.3 is 4.74 Å². The Hall–Kier alpha value is -2.07. The number of rotatable bonds is 5. The van der Waals surface area contributed by atoms with Crippen LogP contribution in [0.3, 0.4) is 0 Å². The molecule has 0 saturated heterocycles. The summed E-state index contributed by atoms with van der Waals surface area (Å²) in [7, 11) is 1.37. The van der Waals surface area contributed by atoms with Gasteiger partial charge in [-0.25, -0.2) is 0 Å². The van der Waals surface area contributed by atoms with E-state index in [4.69, 9.17) is 5.53 Å². The number of azide groups is 1. The Morgan fingerprint density at radius 1 is 1.65 bits per heavy atom. The second-order valence-corrected chi connectivity index (χ2v) is 3.68. The van der Waals surface area contributed by atoms with Crippen molar-refractivity contribution in [3.63, 3.8) is 0 Å². The molecule has 0 aliphatic heterocycles. The number of pyridine rings is 1. The lowest BCUT2D eigenvalue weighted by Crippen LogP contribution is -2.15. The van der Waals surface area contributed by atoms with Crippen LogP contribution >= 0.6 is 0 Å². The fourth-order valence-corrected chi connectivity index (χ4v) is 1.38. The molecule has 17 heavy (non-hydrogen) atoms. The maximum absolute atomic E-state index is 11.2. The molecule has 0 spiro atoms. The molecule has 6 nitrogen and oxygen atoms in total. The Bertz CT molecular complexity index is 424. The molecule has 1 rings (SSSR count). The van der Waals surface area contributed by atoms with E-state index in [0.29, 0.717) is 6.42 Å². The van der Waals surface area contributed by atoms with Crippen LogP contribution in [0.2, 0.25) is 0 Å². The smallest absolute Gasteiger partial charge is 0.308 e. The molecule has 0 amide bonds. The Morgan fingerprint density at radius 2 is 2.41 bits per heavy atom. The highest BCUT2D eigenvalue weighted by Crippen LogP contribution is 2.09. The van der Waals surface area contributed by atoms with Gasteiger partial charge >= 0.3 is 5.97 Å². The van der Waals surface area contributed by atoms with E-state index >= 15 is 0 Å². The lowest BCUT2D eigenvalue weighted by atomic mass is 10.1. The zero-order chi connectivity index (χ0) is 12.7. The minimum atomic E-state index is -0.245. The highest BCUT2D eigenvalue weighted by atomic mass is 16.5. The van der Waals surface area contributed by atoms with Crippen LogP contribution in [-0.4, -0.2) is 18.1 Å². The van der Waals surface area contributed by atoms with Crippen molar-refractivity contribution in [2.45, 2.75) is 19.9 Å². The third-order valence-electron chi connectivity index (χ3n) is 2.32. The Morgan fingerprint density at radius 3 is 2.94 bits per heavy atom. The molecule has 0 radical (unpaired) electrons. The molecule has 0 aliphatic rings. The van der Waals surface area contributed by atoms with E-state index in [9.17, 15) is 4.79 Å². The summed E-state index contributed by atoms with van der Waals surface area (Å²) in [6.07, 6.45) is 2.18. The van der Waals surface area contributed by atoms with Gasteiger partial charge in [0, 0.05) is 23.2 Å². The molecule has 1 aromatic heterocycles. The van der Waals surface area contributed by atoms with Gasteiger partial charge in [-0.1, -0.05) is 18.1 Å². The monoisotopic (exact) mass is 234 g/mol. The number of aromatic nitrogens is 1. The Labute approximate surface area is 99.2 Å². The van der Waals surface area contributed by atoms with Gasteiger partial charge in [-0.05, 0) is 17.2 Å². The Kier molecular flexibility index (Phi) is 4.97. The fraction of sp³-hybridized carbons (Fsp3) is 0.455. The van der Waals surface area contributed by atoms with Gasteiger partial charge in [0.1, 0.15) is 0 Å². The highest BCUT2D eigenvalue weighted by molar-refractivity contribution is 5.72. The van der Waals surface area contributed by atoms with Crippen LogP contribution in [-0.2, 0) is 22.5 Å². The number of ether oxygens (including phenoxy) is 1. The largest absolute Gasteiger partial charge is 0.469 e. The maximum Gasteiger partial charge on any atom is 0.308 e. The van der Waals surface area contributed by atoms with Gasteiger partial charge in [0.05, 0.1) is 19.6 Å². The SMILES string of the molecule is COC(=O)[C@@H](C)Cc1ccc(CN=[N+]=[N-])cn1. The molecule has 0 aliphatic carbocycles. The zero-order valence-electron chi connectivity index (χ0n) is 9.83. The highest BCUT2D eigenvalue weighted by Gasteiger charge is 2.14. The van der Waals surface area contributed by atoms with Gasteiger partial charge in [0.25, 0.3) is 0 Å². The molecule has 0 aromatic carbocycles. The van der Waals surface area contributed by atoms with Crippen molar-refractivity contribution in [2.75, 3.05) is 7.11 Å². The van der Waals surface area contributed by atoms with Gasteiger partial charge in [-0.2, -0.15) is 0 Å². The second-order valence-electron chi connectivity index (χ2n) is 3.68. The van der Waals surface area contributed by atoms with Crippen molar-refractivity contribution >= 4 is 5.97 Å². The van der Waals surface area contributed by atoms with E-state index in [1.54, 1.807) is 13.1 Å². The summed E-state index contributed by atoms with van der Waals surface area (Å²) in [6, 6.07) is 3.66. The number of methoxy groups -OCH3 is 1. The van der Waals surface area contributed by atoms with Crippen LogP contribution < -0.4 is 0 Å². The van der Waals surface area contributed by atoms with Crippen molar-refractivity contribution in [2.24, 2.45) is 11.0 Å². The van der Waals surface area contributed by atoms with E-state index in [-0.39, 0.29) is 18.4 Å². The first kappa shape index (κ1) is 13.0. The van der Waals surface area contributed by atoms with Gasteiger partial charge in [0.2, 0.25) is 0 Å². The molecular weight excluding hydrogens is 220 g/mol. The number of esters is 1. The van der Waals surface area contributed by atoms with Crippen molar-refractivity contribution in [3.05, 3.63) is 40.0 Å². The molecule has 1 heterocycles. The number of hydrogen-bond acceptors (Lipinski definition) is 4. The number of nitrogens with zero attached hydrogens (tertiary/aromatic N) is 4. The van der Waals surface area contributed by atoms with Gasteiger partial charge in [-0.3, -0.25) is 9.78 Å². The van der Waals surface area contributed by atoms with Gasteiger partial charge in [0.15, 0.2) is 0 Å². The molecule has 0 bridgehead atoms. The standard InChI is InChI=1S/C11H14N4O2/c1-8(11(16)17-2)5-10-4-3-9(6-13-10)7-14-15-12/h3-4,6,8H,5,7H2,1-2H3/t8-/m0/s1. The summed E-state index contributed by atoms with van der Waals surface area (Å²) in [5.41, 5.74) is 9.83. The molecule has 1 atom stereocenters.